The van der Waals surface area contributed by atoms with E-state index in [-0.39, 0.29) is 0 Å². The SMILES string of the molecule is CCCSCC(=O)Cc1ccn(C2CCCCC2)n1. The first kappa shape index (κ1) is 14.6. The first-order valence-electron chi connectivity index (χ1n) is 7.43. The van der Waals surface area contributed by atoms with Crippen molar-refractivity contribution in [3.63, 3.8) is 0 Å². The number of hydrogen-bond acceptors (Lipinski definition) is 3. The van der Waals surface area contributed by atoms with Gasteiger partial charge in [0, 0.05) is 6.20 Å². The van der Waals surface area contributed by atoms with Gasteiger partial charge in [0.05, 0.1) is 23.9 Å². The summed E-state index contributed by atoms with van der Waals surface area (Å²) in [5.74, 6) is 2.00. The number of nitrogens with zero attached hydrogens (tertiary/aromatic N) is 2. The third-order valence-corrected chi connectivity index (χ3v) is 4.83. The minimum atomic E-state index is 0.298. The molecule has 2 rings (SSSR count). The highest BCUT2D eigenvalue weighted by atomic mass is 32.2. The molecule has 1 saturated carbocycles. The zero-order chi connectivity index (χ0) is 13.5. The van der Waals surface area contributed by atoms with E-state index in [1.807, 2.05) is 6.07 Å². The van der Waals surface area contributed by atoms with E-state index in [0.29, 0.717) is 24.0 Å². The predicted molar refractivity (Wildman–Crippen MR) is 80.7 cm³/mol. The molecule has 1 heterocycles. The Kier molecular flexibility index (Phi) is 5.95. The Labute approximate surface area is 120 Å². The summed E-state index contributed by atoms with van der Waals surface area (Å²) >= 11 is 1.73. The van der Waals surface area contributed by atoms with Crippen molar-refractivity contribution < 1.29 is 4.79 Å². The third kappa shape index (κ3) is 4.68. The van der Waals surface area contributed by atoms with E-state index >= 15 is 0 Å². The molecule has 0 aliphatic heterocycles. The molecule has 4 heteroatoms. The average molecular weight is 280 g/mol. The van der Waals surface area contributed by atoms with Gasteiger partial charge in [-0.25, -0.2) is 0 Å². The summed E-state index contributed by atoms with van der Waals surface area (Å²) in [6, 6.07) is 2.57. The normalized spacial score (nSPS) is 16.7. The monoisotopic (exact) mass is 280 g/mol. The maximum absolute atomic E-state index is 11.8. The highest BCUT2D eigenvalue weighted by Crippen LogP contribution is 2.27. The molecule has 1 aromatic rings. The van der Waals surface area contributed by atoms with Crippen molar-refractivity contribution in [2.45, 2.75) is 57.9 Å². The van der Waals surface area contributed by atoms with E-state index < -0.39 is 0 Å². The number of aromatic nitrogens is 2. The summed E-state index contributed by atoms with van der Waals surface area (Å²) in [4.78, 5) is 11.8. The first-order valence-corrected chi connectivity index (χ1v) is 8.58. The maximum Gasteiger partial charge on any atom is 0.148 e. The zero-order valence-electron chi connectivity index (χ0n) is 11.8. The van der Waals surface area contributed by atoms with Gasteiger partial charge in [0.15, 0.2) is 0 Å². The summed E-state index contributed by atoms with van der Waals surface area (Å²) in [6.45, 7) is 2.14. The molecule has 1 aliphatic rings. The van der Waals surface area contributed by atoms with E-state index in [2.05, 4.69) is 22.9 Å². The van der Waals surface area contributed by atoms with Gasteiger partial charge in [-0.1, -0.05) is 26.2 Å². The fourth-order valence-corrected chi connectivity index (χ4v) is 3.37. The number of thioether (sulfide) groups is 1. The molecule has 0 amide bonds. The Bertz CT molecular complexity index is 397. The second kappa shape index (κ2) is 7.73. The van der Waals surface area contributed by atoms with Crippen molar-refractivity contribution in [1.29, 1.82) is 0 Å². The highest BCUT2D eigenvalue weighted by Gasteiger charge is 2.16. The lowest BCUT2D eigenvalue weighted by molar-refractivity contribution is -0.116. The van der Waals surface area contributed by atoms with Gasteiger partial charge in [0.1, 0.15) is 5.78 Å². The lowest BCUT2D eigenvalue weighted by atomic mass is 9.96. The predicted octanol–water partition coefficient (Wildman–Crippen LogP) is 3.64. The molecule has 3 nitrogen and oxygen atoms in total. The van der Waals surface area contributed by atoms with Gasteiger partial charge < -0.3 is 0 Å². The average Bonchev–Trinajstić information content (AvgIpc) is 2.88. The lowest BCUT2D eigenvalue weighted by Gasteiger charge is -2.21. The highest BCUT2D eigenvalue weighted by molar-refractivity contribution is 7.99. The van der Waals surface area contributed by atoms with Gasteiger partial charge in [-0.05, 0) is 31.1 Å². The Hall–Kier alpha value is -0.770. The van der Waals surface area contributed by atoms with Crippen LogP contribution in [-0.4, -0.2) is 27.1 Å². The molecule has 0 aromatic carbocycles. The van der Waals surface area contributed by atoms with Gasteiger partial charge in [-0.2, -0.15) is 16.9 Å². The summed E-state index contributed by atoms with van der Waals surface area (Å²) in [7, 11) is 0. The van der Waals surface area contributed by atoms with Gasteiger partial charge in [0.2, 0.25) is 0 Å². The Balaban J connectivity index is 1.81. The number of carbonyl (C=O) groups is 1. The van der Waals surface area contributed by atoms with E-state index in [4.69, 9.17) is 0 Å². The van der Waals surface area contributed by atoms with Crippen LogP contribution in [0, 0.1) is 0 Å². The van der Waals surface area contributed by atoms with Crippen LogP contribution >= 0.6 is 11.8 Å². The van der Waals surface area contributed by atoms with E-state index in [1.54, 1.807) is 11.8 Å². The molecular formula is C15H24N2OS. The van der Waals surface area contributed by atoms with Crippen LogP contribution in [0.2, 0.25) is 0 Å². The van der Waals surface area contributed by atoms with Crippen molar-refractivity contribution >= 4 is 17.5 Å². The van der Waals surface area contributed by atoms with E-state index in [1.165, 1.54) is 32.1 Å². The maximum atomic E-state index is 11.8. The Morgan fingerprint density at radius 1 is 1.42 bits per heavy atom. The quantitative estimate of drug-likeness (QED) is 0.715. The van der Waals surface area contributed by atoms with Crippen LogP contribution in [0.25, 0.3) is 0 Å². The van der Waals surface area contributed by atoms with Crippen molar-refractivity contribution in [3.8, 4) is 0 Å². The summed E-state index contributed by atoms with van der Waals surface area (Å²) in [5.41, 5.74) is 0.938. The molecule has 0 bridgehead atoms. The zero-order valence-corrected chi connectivity index (χ0v) is 12.6. The molecule has 19 heavy (non-hydrogen) atoms. The van der Waals surface area contributed by atoms with Crippen LogP contribution in [0.5, 0.6) is 0 Å². The number of ketones is 1. The van der Waals surface area contributed by atoms with Crippen LogP contribution in [0.4, 0.5) is 0 Å². The largest absolute Gasteiger partial charge is 0.298 e. The fraction of sp³-hybridized carbons (Fsp3) is 0.733. The first-order chi connectivity index (χ1) is 9.29. The van der Waals surface area contributed by atoms with Gasteiger partial charge in [-0.3, -0.25) is 9.48 Å². The lowest BCUT2D eigenvalue weighted by Crippen LogP contribution is -2.14. The van der Waals surface area contributed by atoms with Crippen molar-refractivity contribution in [2.24, 2.45) is 0 Å². The molecule has 1 aliphatic carbocycles. The van der Waals surface area contributed by atoms with Gasteiger partial charge >= 0.3 is 0 Å². The van der Waals surface area contributed by atoms with E-state index in [9.17, 15) is 4.79 Å². The molecule has 0 radical (unpaired) electrons. The molecule has 0 saturated heterocycles. The van der Waals surface area contributed by atoms with Crippen molar-refractivity contribution in [2.75, 3.05) is 11.5 Å². The summed E-state index contributed by atoms with van der Waals surface area (Å²) in [6.07, 6.45) is 10.1. The molecular weight excluding hydrogens is 256 g/mol. The van der Waals surface area contributed by atoms with Gasteiger partial charge in [0.25, 0.3) is 0 Å². The fourth-order valence-electron chi connectivity index (χ4n) is 2.60. The smallest absolute Gasteiger partial charge is 0.148 e. The standard InChI is InChI=1S/C15H24N2OS/c1-2-10-19-12-15(18)11-13-8-9-17(16-13)14-6-4-3-5-7-14/h8-9,14H,2-7,10-12H2,1H3. The third-order valence-electron chi connectivity index (χ3n) is 3.60. The molecule has 0 atom stereocenters. The summed E-state index contributed by atoms with van der Waals surface area (Å²) < 4.78 is 2.08. The second-order valence-corrected chi connectivity index (χ2v) is 6.45. The topological polar surface area (TPSA) is 34.9 Å². The minimum Gasteiger partial charge on any atom is -0.298 e. The van der Waals surface area contributed by atoms with Gasteiger partial charge in [-0.15, -0.1) is 0 Å². The number of carbonyl (C=O) groups excluding carboxylic acids is 1. The Morgan fingerprint density at radius 3 is 2.95 bits per heavy atom. The van der Waals surface area contributed by atoms with Crippen LogP contribution in [0.3, 0.4) is 0 Å². The van der Waals surface area contributed by atoms with Crippen LogP contribution in [0.15, 0.2) is 12.3 Å². The number of hydrogen-bond donors (Lipinski definition) is 0. The molecule has 1 fully saturated rings. The molecule has 0 spiro atoms. The Morgan fingerprint density at radius 2 is 2.21 bits per heavy atom. The van der Waals surface area contributed by atoms with Crippen LogP contribution < -0.4 is 0 Å². The van der Waals surface area contributed by atoms with Crippen molar-refractivity contribution in [3.05, 3.63) is 18.0 Å². The van der Waals surface area contributed by atoms with E-state index in [0.717, 1.165) is 17.9 Å². The summed E-state index contributed by atoms with van der Waals surface area (Å²) in [5, 5.41) is 4.59. The van der Waals surface area contributed by atoms with Crippen molar-refractivity contribution in [1.82, 2.24) is 9.78 Å². The molecule has 0 N–H and O–H groups in total. The molecule has 0 unspecified atom stereocenters. The number of rotatable bonds is 7. The minimum absolute atomic E-state index is 0.298. The number of Topliss-reactive ketones (excluding diaryl/α,β-unsaturated/α-hetero) is 1. The second-order valence-electron chi connectivity index (χ2n) is 5.35. The molecule has 106 valence electrons. The van der Waals surface area contributed by atoms with Crippen LogP contribution in [0.1, 0.15) is 57.2 Å². The van der Waals surface area contributed by atoms with Crippen LogP contribution in [-0.2, 0) is 11.2 Å². The molecule has 1 aromatic heterocycles.